The summed E-state index contributed by atoms with van der Waals surface area (Å²) in [5, 5.41) is 4.33. The number of esters is 1. The molecular weight excluding hydrogens is 430 g/mol. The van der Waals surface area contributed by atoms with Crippen molar-refractivity contribution in [1.29, 1.82) is 0 Å². The molecule has 0 aliphatic rings. The van der Waals surface area contributed by atoms with Crippen molar-refractivity contribution in [3.63, 3.8) is 0 Å². The summed E-state index contributed by atoms with van der Waals surface area (Å²) in [7, 11) is 0. The summed E-state index contributed by atoms with van der Waals surface area (Å²) in [5.41, 5.74) is 1.45. The SMILES string of the molecule is CC(=O)Oc1ccc(/C=c2\sc3nc(-c4ccc(Br)cc4)nn3c2=O)cc1. The van der Waals surface area contributed by atoms with Gasteiger partial charge in [0.2, 0.25) is 4.96 Å². The number of hydrogen-bond acceptors (Lipinski definition) is 6. The van der Waals surface area contributed by atoms with Gasteiger partial charge in [-0.1, -0.05) is 51.5 Å². The summed E-state index contributed by atoms with van der Waals surface area (Å²) in [5.74, 6) is 0.604. The summed E-state index contributed by atoms with van der Waals surface area (Å²) in [6.07, 6.45) is 1.76. The van der Waals surface area contributed by atoms with E-state index in [1.807, 2.05) is 24.3 Å². The van der Waals surface area contributed by atoms with Gasteiger partial charge in [-0.05, 0) is 35.9 Å². The minimum Gasteiger partial charge on any atom is -0.427 e. The standard InChI is InChI=1S/C19H12BrN3O3S/c1-11(24)26-15-8-2-12(3-9-15)10-16-18(25)23-19(27-16)21-17(22-23)13-4-6-14(20)7-5-13/h2-10H,1H3/b16-10-. The molecule has 0 radical (unpaired) electrons. The Hall–Kier alpha value is -2.84. The smallest absolute Gasteiger partial charge is 0.308 e. The van der Waals surface area contributed by atoms with Crippen molar-refractivity contribution in [3.05, 3.63) is 73.5 Å². The lowest BCUT2D eigenvalue weighted by Gasteiger charge is -2.00. The van der Waals surface area contributed by atoms with Gasteiger partial charge in [-0.15, -0.1) is 5.10 Å². The number of carbonyl (C=O) groups excluding carboxylic acids is 1. The van der Waals surface area contributed by atoms with Crippen LogP contribution < -0.4 is 14.8 Å². The van der Waals surface area contributed by atoms with Crippen LogP contribution in [-0.2, 0) is 4.79 Å². The Morgan fingerprint density at radius 2 is 1.85 bits per heavy atom. The van der Waals surface area contributed by atoms with E-state index < -0.39 is 0 Å². The Kier molecular flexibility index (Phi) is 4.59. The van der Waals surface area contributed by atoms with Gasteiger partial charge in [-0.3, -0.25) is 9.59 Å². The molecule has 2 heterocycles. The van der Waals surface area contributed by atoms with Crippen LogP contribution >= 0.6 is 27.3 Å². The molecule has 0 spiro atoms. The van der Waals surface area contributed by atoms with E-state index in [1.54, 1.807) is 30.3 Å². The van der Waals surface area contributed by atoms with Crippen molar-refractivity contribution < 1.29 is 9.53 Å². The number of halogens is 1. The van der Waals surface area contributed by atoms with E-state index in [-0.39, 0.29) is 11.5 Å². The highest BCUT2D eigenvalue weighted by Gasteiger charge is 2.12. The fraction of sp³-hybridized carbons (Fsp3) is 0.0526. The zero-order chi connectivity index (χ0) is 19.0. The van der Waals surface area contributed by atoms with Gasteiger partial charge in [0, 0.05) is 17.0 Å². The van der Waals surface area contributed by atoms with E-state index in [1.165, 1.54) is 22.8 Å². The second-order valence-corrected chi connectivity index (χ2v) is 7.64. The normalized spacial score (nSPS) is 11.9. The molecule has 0 saturated carbocycles. The lowest BCUT2D eigenvalue weighted by atomic mass is 10.2. The Balaban J connectivity index is 1.69. The second-order valence-electron chi connectivity index (χ2n) is 5.72. The predicted octanol–water partition coefficient (Wildman–Crippen LogP) is 3.05. The number of aromatic nitrogens is 3. The molecular formula is C19H12BrN3O3S. The first-order valence-electron chi connectivity index (χ1n) is 7.95. The molecule has 0 fully saturated rings. The summed E-state index contributed by atoms with van der Waals surface area (Å²) in [6, 6.07) is 14.5. The molecule has 0 atom stereocenters. The van der Waals surface area contributed by atoms with Gasteiger partial charge in [-0.25, -0.2) is 0 Å². The van der Waals surface area contributed by atoms with Crippen LogP contribution in [0.25, 0.3) is 22.4 Å². The van der Waals surface area contributed by atoms with E-state index in [4.69, 9.17) is 4.74 Å². The Morgan fingerprint density at radius 1 is 1.15 bits per heavy atom. The first-order chi connectivity index (χ1) is 13.0. The maximum atomic E-state index is 12.6. The van der Waals surface area contributed by atoms with Crippen molar-refractivity contribution in [3.8, 4) is 17.1 Å². The zero-order valence-corrected chi connectivity index (χ0v) is 16.5. The Labute approximate surface area is 165 Å². The number of carbonyl (C=O) groups is 1. The molecule has 0 amide bonds. The predicted molar refractivity (Wildman–Crippen MR) is 107 cm³/mol. The van der Waals surface area contributed by atoms with E-state index in [0.717, 1.165) is 15.6 Å². The maximum absolute atomic E-state index is 12.6. The van der Waals surface area contributed by atoms with Crippen molar-refractivity contribution in [2.75, 3.05) is 0 Å². The third kappa shape index (κ3) is 3.67. The van der Waals surface area contributed by atoms with Crippen LogP contribution in [0, 0.1) is 0 Å². The van der Waals surface area contributed by atoms with E-state index in [2.05, 4.69) is 26.0 Å². The molecule has 2 aromatic carbocycles. The van der Waals surface area contributed by atoms with Gasteiger partial charge in [0.1, 0.15) is 5.75 Å². The molecule has 134 valence electrons. The number of hydrogen-bond donors (Lipinski definition) is 0. The number of ether oxygens (including phenoxy) is 1. The highest BCUT2D eigenvalue weighted by Crippen LogP contribution is 2.19. The molecule has 0 saturated heterocycles. The van der Waals surface area contributed by atoms with Gasteiger partial charge < -0.3 is 4.74 Å². The molecule has 0 unspecified atom stereocenters. The van der Waals surface area contributed by atoms with Crippen molar-refractivity contribution in [2.24, 2.45) is 0 Å². The molecule has 0 aliphatic heterocycles. The van der Waals surface area contributed by atoms with Gasteiger partial charge in [0.25, 0.3) is 5.56 Å². The quantitative estimate of drug-likeness (QED) is 0.360. The van der Waals surface area contributed by atoms with E-state index >= 15 is 0 Å². The van der Waals surface area contributed by atoms with Crippen molar-refractivity contribution in [2.45, 2.75) is 6.92 Å². The molecule has 0 N–H and O–H groups in total. The van der Waals surface area contributed by atoms with Crippen LogP contribution in [0.1, 0.15) is 12.5 Å². The molecule has 4 aromatic rings. The molecule has 6 nitrogen and oxygen atoms in total. The highest BCUT2D eigenvalue weighted by molar-refractivity contribution is 9.10. The van der Waals surface area contributed by atoms with Crippen LogP contribution in [0.15, 0.2) is 57.8 Å². The Bertz CT molecular complexity index is 1240. The molecule has 27 heavy (non-hydrogen) atoms. The first kappa shape index (κ1) is 17.6. The van der Waals surface area contributed by atoms with Crippen molar-refractivity contribution >= 4 is 44.3 Å². The maximum Gasteiger partial charge on any atom is 0.308 e. The number of benzene rings is 2. The van der Waals surface area contributed by atoms with Gasteiger partial charge >= 0.3 is 5.97 Å². The summed E-state index contributed by atoms with van der Waals surface area (Å²) >= 11 is 4.67. The average molecular weight is 442 g/mol. The molecule has 2 aromatic heterocycles. The van der Waals surface area contributed by atoms with Gasteiger partial charge in [-0.2, -0.15) is 9.50 Å². The minimum atomic E-state index is -0.374. The largest absolute Gasteiger partial charge is 0.427 e. The molecule has 0 bridgehead atoms. The Morgan fingerprint density at radius 3 is 2.48 bits per heavy atom. The lowest BCUT2D eigenvalue weighted by Crippen LogP contribution is -2.23. The van der Waals surface area contributed by atoms with Crippen LogP contribution in [-0.4, -0.2) is 20.6 Å². The monoisotopic (exact) mass is 441 g/mol. The number of fused-ring (bicyclic) bond motifs is 1. The molecule has 8 heteroatoms. The highest BCUT2D eigenvalue weighted by atomic mass is 79.9. The summed E-state index contributed by atoms with van der Waals surface area (Å²) in [4.78, 5) is 28.6. The fourth-order valence-electron chi connectivity index (χ4n) is 2.50. The minimum absolute atomic E-state index is 0.213. The summed E-state index contributed by atoms with van der Waals surface area (Å²) < 4.78 is 7.82. The number of thiazole rings is 1. The van der Waals surface area contributed by atoms with Crippen LogP contribution in [0.3, 0.4) is 0 Å². The third-order valence-corrected chi connectivity index (χ3v) is 5.21. The lowest BCUT2D eigenvalue weighted by molar-refractivity contribution is -0.131. The van der Waals surface area contributed by atoms with Crippen LogP contribution in [0.5, 0.6) is 5.75 Å². The van der Waals surface area contributed by atoms with Crippen LogP contribution in [0.2, 0.25) is 0 Å². The van der Waals surface area contributed by atoms with Crippen molar-refractivity contribution in [1.82, 2.24) is 14.6 Å². The number of nitrogens with zero attached hydrogens (tertiary/aromatic N) is 3. The topological polar surface area (TPSA) is 73.6 Å². The third-order valence-electron chi connectivity index (χ3n) is 3.72. The molecule has 4 rings (SSSR count). The average Bonchev–Trinajstić information content (AvgIpc) is 3.17. The summed E-state index contributed by atoms with van der Waals surface area (Å²) in [6.45, 7) is 1.35. The number of rotatable bonds is 3. The van der Waals surface area contributed by atoms with Gasteiger partial charge in [0.15, 0.2) is 5.82 Å². The zero-order valence-electron chi connectivity index (χ0n) is 14.0. The van der Waals surface area contributed by atoms with Gasteiger partial charge in [0.05, 0.1) is 4.53 Å². The fourth-order valence-corrected chi connectivity index (χ4v) is 3.68. The second kappa shape index (κ2) is 7.05. The van der Waals surface area contributed by atoms with Crippen LogP contribution in [0.4, 0.5) is 0 Å². The molecule has 0 aliphatic carbocycles. The van der Waals surface area contributed by atoms with E-state index in [0.29, 0.717) is 21.1 Å². The van der Waals surface area contributed by atoms with E-state index in [9.17, 15) is 9.59 Å². The first-order valence-corrected chi connectivity index (χ1v) is 9.56.